The Kier molecular flexibility index (Phi) is 8.38. The molecule has 0 spiro atoms. The summed E-state index contributed by atoms with van der Waals surface area (Å²) < 4.78 is 0. The number of benzene rings is 1. The molecule has 2 N–H and O–H groups in total. The average Bonchev–Trinajstić information content (AvgIpc) is 2.46. The number of hydrogen-bond donors (Lipinski definition) is 2. The monoisotopic (exact) mass is 334 g/mol. The van der Waals surface area contributed by atoms with Crippen LogP contribution in [0.1, 0.15) is 19.3 Å². The molecule has 1 aromatic carbocycles. The molecule has 3 nitrogen and oxygen atoms in total. The lowest BCUT2D eigenvalue weighted by atomic mass is 10.0. The molecule has 1 unspecified atom stereocenters. The molecule has 1 aromatic rings. The van der Waals surface area contributed by atoms with E-state index in [-0.39, 0.29) is 24.4 Å². The van der Waals surface area contributed by atoms with E-state index >= 15 is 0 Å². The normalized spacial score (nSPS) is 18.1. The highest BCUT2D eigenvalue weighted by Gasteiger charge is 2.19. The fraction of sp³-hybridized carbons (Fsp3) is 0.500. The zero-order chi connectivity index (χ0) is 13.5. The van der Waals surface area contributed by atoms with Gasteiger partial charge in [0.25, 0.3) is 0 Å². The minimum atomic E-state index is 0. The summed E-state index contributed by atoms with van der Waals surface area (Å²) >= 11 is 7.55. The topological polar surface area (TPSA) is 41.1 Å². The van der Waals surface area contributed by atoms with Gasteiger partial charge >= 0.3 is 0 Å². The molecule has 0 aromatic heterocycles. The van der Waals surface area contributed by atoms with Gasteiger partial charge in [0.05, 0.1) is 6.04 Å². The van der Waals surface area contributed by atoms with Crippen LogP contribution in [0.15, 0.2) is 29.2 Å². The highest BCUT2D eigenvalue weighted by molar-refractivity contribution is 7.99. The van der Waals surface area contributed by atoms with Crippen LogP contribution in [0.25, 0.3) is 0 Å². The minimum absolute atomic E-state index is 0. The van der Waals surface area contributed by atoms with Crippen molar-refractivity contribution >= 4 is 41.7 Å². The Balaban J connectivity index is 0.00000200. The van der Waals surface area contributed by atoms with Crippen molar-refractivity contribution in [2.75, 3.05) is 18.8 Å². The second-order valence-corrected chi connectivity index (χ2v) is 6.20. The summed E-state index contributed by atoms with van der Waals surface area (Å²) in [7, 11) is 0. The van der Waals surface area contributed by atoms with Crippen LogP contribution < -0.4 is 10.6 Å². The molecule has 0 aliphatic carbocycles. The number of carbonyl (C=O) groups is 1. The quantitative estimate of drug-likeness (QED) is 0.642. The summed E-state index contributed by atoms with van der Waals surface area (Å²) in [6.45, 7) is 1.65. The molecule has 0 bridgehead atoms. The van der Waals surface area contributed by atoms with Crippen molar-refractivity contribution < 1.29 is 4.79 Å². The first-order chi connectivity index (χ1) is 9.25. The Morgan fingerprint density at radius 1 is 1.35 bits per heavy atom. The van der Waals surface area contributed by atoms with Crippen LogP contribution in [0.2, 0.25) is 5.02 Å². The van der Waals surface area contributed by atoms with Gasteiger partial charge in [-0.15, -0.1) is 24.2 Å². The van der Waals surface area contributed by atoms with E-state index in [2.05, 4.69) is 10.6 Å². The Bertz CT molecular complexity index is 408. The minimum Gasteiger partial charge on any atom is -0.354 e. The van der Waals surface area contributed by atoms with E-state index in [0.717, 1.165) is 30.2 Å². The molecule has 20 heavy (non-hydrogen) atoms. The molecule has 0 saturated carbocycles. The van der Waals surface area contributed by atoms with Crippen molar-refractivity contribution in [2.45, 2.75) is 30.2 Å². The second-order valence-electron chi connectivity index (χ2n) is 4.60. The van der Waals surface area contributed by atoms with Crippen LogP contribution in [0.5, 0.6) is 0 Å². The van der Waals surface area contributed by atoms with E-state index in [9.17, 15) is 4.79 Å². The lowest BCUT2D eigenvalue weighted by molar-refractivity contribution is -0.123. The Labute approximate surface area is 135 Å². The summed E-state index contributed by atoms with van der Waals surface area (Å²) in [5.41, 5.74) is 0. The molecule has 1 aliphatic heterocycles. The summed E-state index contributed by atoms with van der Waals surface area (Å²) in [4.78, 5) is 13.0. The first-order valence-electron chi connectivity index (χ1n) is 6.65. The summed E-state index contributed by atoms with van der Waals surface area (Å²) in [5, 5.41) is 6.99. The SMILES string of the molecule is Cl.O=C(NCCSc1ccc(Cl)cc1)C1CCCCN1. The van der Waals surface area contributed by atoms with Gasteiger partial charge in [0.15, 0.2) is 0 Å². The lowest BCUT2D eigenvalue weighted by Crippen LogP contribution is -2.47. The molecule has 2 rings (SSSR count). The van der Waals surface area contributed by atoms with Gasteiger partial charge in [0.2, 0.25) is 5.91 Å². The first-order valence-corrected chi connectivity index (χ1v) is 8.01. The Hall–Kier alpha value is -0.420. The lowest BCUT2D eigenvalue weighted by Gasteiger charge is -2.22. The molecular weight excluding hydrogens is 315 g/mol. The van der Waals surface area contributed by atoms with Crippen LogP contribution in [-0.2, 0) is 4.79 Å². The number of hydrogen-bond acceptors (Lipinski definition) is 3. The molecule has 1 aliphatic rings. The number of halogens is 2. The molecule has 1 fully saturated rings. The van der Waals surface area contributed by atoms with Gasteiger partial charge in [-0.05, 0) is 43.7 Å². The van der Waals surface area contributed by atoms with Gasteiger partial charge in [-0.25, -0.2) is 0 Å². The van der Waals surface area contributed by atoms with Crippen molar-refractivity contribution in [3.05, 3.63) is 29.3 Å². The molecule has 0 radical (unpaired) electrons. The summed E-state index contributed by atoms with van der Waals surface area (Å²) in [5.74, 6) is 1.01. The third kappa shape index (κ3) is 5.92. The molecule has 112 valence electrons. The van der Waals surface area contributed by atoms with Crippen LogP contribution in [-0.4, -0.2) is 30.8 Å². The highest BCUT2D eigenvalue weighted by Crippen LogP contribution is 2.19. The summed E-state index contributed by atoms with van der Waals surface area (Å²) in [6.07, 6.45) is 3.27. The smallest absolute Gasteiger partial charge is 0.237 e. The molecule has 1 heterocycles. The van der Waals surface area contributed by atoms with Gasteiger partial charge in [0.1, 0.15) is 0 Å². The highest BCUT2D eigenvalue weighted by atomic mass is 35.5. The van der Waals surface area contributed by atoms with E-state index in [1.54, 1.807) is 11.8 Å². The Morgan fingerprint density at radius 2 is 2.10 bits per heavy atom. The number of amides is 1. The van der Waals surface area contributed by atoms with Crippen LogP contribution in [0.3, 0.4) is 0 Å². The van der Waals surface area contributed by atoms with Crippen LogP contribution in [0.4, 0.5) is 0 Å². The van der Waals surface area contributed by atoms with Gasteiger partial charge in [-0.1, -0.05) is 18.0 Å². The number of piperidine rings is 1. The molecule has 1 saturated heterocycles. The van der Waals surface area contributed by atoms with E-state index in [0.29, 0.717) is 6.54 Å². The first kappa shape index (κ1) is 17.6. The van der Waals surface area contributed by atoms with Crippen molar-refractivity contribution in [2.24, 2.45) is 0 Å². The van der Waals surface area contributed by atoms with Gasteiger partial charge in [-0.2, -0.15) is 0 Å². The van der Waals surface area contributed by atoms with Gasteiger partial charge in [0, 0.05) is 22.2 Å². The predicted molar refractivity (Wildman–Crippen MR) is 88.1 cm³/mol. The van der Waals surface area contributed by atoms with Gasteiger partial charge in [-0.3, -0.25) is 4.79 Å². The number of nitrogens with one attached hydrogen (secondary N) is 2. The zero-order valence-corrected chi connectivity index (χ0v) is 13.6. The molecule has 1 atom stereocenters. The number of rotatable bonds is 5. The van der Waals surface area contributed by atoms with E-state index in [1.807, 2.05) is 24.3 Å². The molecule has 6 heteroatoms. The fourth-order valence-electron chi connectivity index (χ4n) is 2.07. The maximum atomic E-state index is 11.9. The maximum absolute atomic E-state index is 11.9. The van der Waals surface area contributed by atoms with Crippen molar-refractivity contribution in [3.8, 4) is 0 Å². The average molecular weight is 335 g/mol. The van der Waals surface area contributed by atoms with E-state index in [1.165, 1.54) is 11.3 Å². The van der Waals surface area contributed by atoms with Crippen LogP contribution >= 0.6 is 35.8 Å². The molecule has 1 amide bonds. The standard InChI is InChI=1S/C14H19ClN2OS.ClH/c15-11-4-6-12(7-5-11)19-10-9-17-14(18)13-3-1-2-8-16-13;/h4-7,13,16H,1-3,8-10H2,(H,17,18);1H. The molecular formula is C14H20Cl2N2OS. The van der Waals surface area contributed by atoms with E-state index in [4.69, 9.17) is 11.6 Å². The number of carbonyl (C=O) groups excluding carboxylic acids is 1. The van der Waals surface area contributed by atoms with E-state index < -0.39 is 0 Å². The third-order valence-corrected chi connectivity index (χ3v) is 4.38. The Morgan fingerprint density at radius 3 is 2.75 bits per heavy atom. The second kappa shape index (κ2) is 9.50. The van der Waals surface area contributed by atoms with Gasteiger partial charge < -0.3 is 10.6 Å². The van der Waals surface area contributed by atoms with Crippen LogP contribution in [0, 0.1) is 0 Å². The zero-order valence-electron chi connectivity index (χ0n) is 11.2. The largest absolute Gasteiger partial charge is 0.354 e. The van der Waals surface area contributed by atoms with Crippen molar-refractivity contribution in [3.63, 3.8) is 0 Å². The fourth-order valence-corrected chi connectivity index (χ4v) is 2.97. The number of thioether (sulfide) groups is 1. The maximum Gasteiger partial charge on any atom is 0.237 e. The van der Waals surface area contributed by atoms with Crippen molar-refractivity contribution in [1.29, 1.82) is 0 Å². The third-order valence-electron chi connectivity index (χ3n) is 3.11. The predicted octanol–water partition coefficient (Wildman–Crippen LogP) is 3.11. The van der Waals surface area contributed by atoms with Crippen molar-refractivity contribution in [1.82, 2.24) is 10.6 Å². The summed E-state index contributed by atoms with van der Waals surface area (Å²) in [6, 6.07) is 7.77.